The maximum absolute atomic E-state index is 12.2. The van der Waals surface area contributed by atoms with E-state index >= 15 is 0 Å². The summed E-state index contributed by atoms with van der Waals surface area (Å²) >= 11 is 0. The van der Waals surface area contributed by atoms with E-state index in [1.54, 1.807) is 4.90 Å². The third-order valence-corrected chi connectivity index (χ3v) is 4.03. The van der Waals surface area contributed by atoms with E-state index in [2.05, 4.69) is 6.92 Å². The highest BCUT2D eigenvalue weighted by Gasteiger charge is 2.43. The van der Waals surface area contributed by atoms with E-state index in [1.165, 1.54) is 6.42 Å². The molecule has 0 aliphatic heterocycles. The molecule has 17 heavy (non-hydrogen) atoms. The van der Waals surface area contributed by atoms with Crippen molar-refractivity contribution in [3.8, 4) is 0 Å². The van der Waals surface area contributed by atoms with Gasteiger partial charge in [0.25, 0.3) is 0 Å². The molecule has 0 aromatic carbocycles. The standard InChI is InChI=1S/C13H21NO3/c1-9-7-11(9)13(17)14(8-12(15)16)10-5-3-2-4-6-10/h9-11H,2-8H2,1H3,(H,15,16)/t9-,11-/m0/s1. The van der Waals surface area contributed by atoms with Crippen LogP contribution in [0.1, 0.15) is 45.4 Å². The Bertz CT molecular complexity index is 310. The molecule has 2 atom stereocenters. The molecule has 0 radical (unpaired) electrons. The van der Waals surface area contributed by atoms with E-state index in [1.807, 2.05) is 0 Å². The number of carbonyl (C=O) groups excluding carboxylic acids is 1. The van der Waals surface area contributed by atoms with Crippen molar-refractivity contribution in [2.75, 3.05) is 6.54 Å². The molecule has 4 nitrogen and oxygen atoms in total. The van der Waals surface area contributed by atoms with E-state index in [4.69, 9.17) is 5.11 Å². The lowest BCUT2D eigenvalue weighted by Gasteiger charge is -2.33. The quantitative estimate of drug-likeness (QED) is 0.815. The number of amides is 1. The number of carboxylic acid groups (broad SMARTS) is 1. The van der Waals surface area contributed by atoms with Gasteiger partial charge in [0.1, 0.15) is 6.54 Å². The van der Waals surface area contributed by atoms with Crippen LogP contribution in [0, 0.1) is 11.8 Å². The molecule has 0 heterocycles. The average molecular weight is 239 g/mol. The largest absolute Gasteiger partial charge is 0.480 e. The van der Waals surface area contributed by atoms with Crippen molar-refractivity contribution in [3.63, 3.8) is 0 Å². The minimum Gasteiger partial charge on any atom is -0.480 e. The molecule has 0 spiro atoms. The molecule has 0 aromatic heterocycles. The molecule has 4 heteroatoms. The Morgan fingerprint density at radius 1 is 1.24 bits per heavy atom. The summed E-state index contributed by atoms with van der Waals surface area (Å²) in [6, 6.07) is 0.167. The predicted molar refractivity (Wildman–Crippen MR) is 63.5 cm³/mol. The van der Waals surface area contributed by atoms with E-state index in [9.17, 15) is 9.59 Å². The number of hydrogen-bond donors (Lipinski definition) is 1. The predicted octanol–water partition coefficient (Wildman–Crippen LogP) is 1.89. The van der Waals surface area contributed by atoms with Crippen molar-refractivity contribution in [1.82, 2.24) is 4.90 Å². The van der Waals surface area contributed by atoms with Crippen LogP contribution in [-0.4, -0.2) is 34.5 Å². The van der Waals surface area contributed by atoms with Gasteiger partial charge in [-0.15, -0.1) is 0 Å². The Morgan fingerprint density at radius 3 is 2.29 bits per heavy atom. The summed E-state index contributed by atoms with van der Waals surface area (Å²) in [6.45, 7) is 1.94. The Hall–Kier alpha value is -1.06. The fourth-order valence-corrected chi connectivity index (χ4v) is 2.80. The number of aliphatic carboxylic acids is 1. The van der Waals surface area contributed by atoms with Crippen molar-refractivity contribution < 1.29 is 14.7 Å². The minimum absolute atomic E-state index is 0.0757. The molecule has 2 aliphatic carbocycles. The summed E-state index contributed by atoms with van der Waals surface area (Å²) in [6.07, 6.45) is 6.33. The van der Waals surface area contributed by atoms with Gasteiger partial charge in [-0.1, -0.05) is 26.2 Å². The fourth-order valence-electron chi connectivity index (χ4n) is 2.80. The first-order valence-electron chi connectivity index (χ1n) is 6.62. The first-order chi connectivity index (χ1) is 8.09. The van der Waals surface area contributed by atoms with Crippen LogP contribution in [0.4, 0.5) is 0 Å². The normalized spacial score (nSPS) is 28.8. The summed E-state index contributed by atoms with van der Waals surface area (Å²) in [5.74, 6) is -0.275. The van der Waals surface area contributed by atoms with E-state index in [0.29, 0.717) is 5.92 Å². The van der Waals surface area contributed by atoms with Crippen LogP contribution >= 0.6 is 0 Å². The lowest BCUT2D eigenvalue weighted by Crippen LogP contribution is -2.45. The molecule has 1 N–H and O–H groups in total. The van der Waals surface area contributed by atoms with Crippen LogP contribution in [0.15, 0.2) is 0 Å². The number of rotatable bonds is 4. The summed E-state index contributed by atoms with van der Waals surface area (Å²) in [4.78, 5) is 24.7. The zero-order valence-electron chi connectivity index (χ0n) is 10.4. The monoisotopic (exact) mass is 239 g/mol. The molecular formula is C13H21NO3. The molecule has 0 unspecified atom stereocenters. The van der Waals surface area contributed by atoms with Gasteiger partial charge in [0.15, 0.2) is 0 Å². The Balaban J connectivity index is 2.01. The third-order valence-electron chi connectivity index (χ3n) is 4.03. The lowest BCUT2D eigenvalue weighted by molar-refractivity contribution is -0.147. The maximum Gasteiger partial charge on any atom is 0.323 e. The number of hydrogen-bond acceptors (Lipinski definition) is 2. The van der Waals surface area contributed by atoms with Gasteiger partial charge >= 0.3 is 5.97 Å². The van der Waals surface area contributed by atoms with Crippen LogP contribution < -0.4 is 0 Å². The third kappa shape index (κ3) is 2.99. The molecule has 1 amide bonds. The molecule has 2 saturated carbocycles. The van der Waals surface area contributed by atoms with Gasteiger partial charge in [-0.05, 0) is 25.2 Å². The molecule has 2 aliphatic rings. The number of nitrogens with zero attached hydrogens (tertiary/aromatic N) is 1. The zero-order chi connectivity index (χ0) is 12.4. The number of carboxylic acids is 1. The van der Waals surface area contributed by atoms with Crippen LogP contribution in [0.25, 0.3) is 0 Å². The highest BCUT2D eigenvalue weighted by molar-refractivity contribution is 5.85. The van der Waals surface area contributed by atoms with Gasteiger partial charge in [-0.3, -0.25) is 9.59 Å². The highest BCUT2D eigenvalue weighted by Crippen LogP contribution is 2.40. The fraction of sp³-hybridized carbons (Fsp3) is 0.846. The second kappa shape index (κ2) is 5.07. The molecule has 0 saturated heterocycles. The van der Waals surface area contributed by atoms with E-state index in [0.717, 1.165) is 32.1 Å². The second-order valence-electron chi connectivity index (χ2n) is 5.47. The number of carbonyl (C=O) groups is 2. The minimum atomic E-state index is -0.891. The lowest BCUT2D eigenvalue weighted by atomic mass is 9.94. The van der Waals surface area contributed by atoms with Crippen LogP contribution in [0.3, 0.4) is 0 Å². The topological polar surface area (TPSA) is 57.6 Å². The molecule has 2 rings (SSSR count). The Morgan fingerprint density at radius 2 is 1.82 bits per heavy atom. The molecular weight excluding hydrogens is 218 g/mol. The Labute approximate surface area is 102 Å². The Kier molecular flexibility index (Phi) is 3.69. The SMILES string of the molecule is C[C@H]1C[C@@H]1C(=O)N(CC(=O)O)C1CCCCC1. The van der Waals surface area contributed by atoms with Crippen LogP contribution in [0.5, 0.6) is 0 Å². The van der Waals surface area contributed by atoms with Crippen molar-refractivity contribution in [1.29, 1.82) is 0 Å². The van der Waals surface area contributed by atoms with E-state index in [-0.39, 0.29) is 24.4 Å². The zero-order valence-corrected chi connectivity index (χ0v) is 10.4. The van der Waals surface area contributed by atoms with E-state index < -0.39 is 5.97 Å². The average Bonchev–Trinajstić information content (AvgIpc) is 3.03. The van der Waals surface area contributed by atoms with Gasteiger partial charge in [-0.2, -0.15) is 0 Å². The van der Waals surface area contributed by atoms with Crippen molar-refractivity contribution in [3.05, 3.63) is 0 Å². The van der Waals surface area contributed by atoms with Crippen molar-refractivity contribution in [2.45, 2.75) is 51.5 Å². The molecule has 2 fully saturated rings. The summed E-state index contributed by atoms with van der Waals surface area (Å²) in [5.41, 5.74) is 0. The van der Waals surface area contributed by atoms with Crippen LogP contribution in [0.2, 0.25) is 0 Å². The molecule has 0 aromatic rings. The summed E-state index contributed by atoms with van der Waals surface area (Å²) in [5, 5.41) is 8.94. The summed E-state index contributed by atoms with van der Waals surface area (Å²) in [7, 11) is 0. The van der Waals surface area contributed by atoms with Gasteiger partial charge < -0.3 is 10.0 Å². The molecule has 96 valence electrons. The smallest absolute Gasteiger partial charge is 0.323 e. The first-order valence-corrected chi connectivity index (χ1v) is 6.62. The summed E-state index contributed by atoms with van der Waals surface area (Å²) < 4.78 is 0. The van der Waals surface area contributed by atoms with Gasteiger partial charge in [0, 0.05) is 12.0 Å². The maximum atomic E-state index is 12.2. The van der Waals surface area contributed by atoms with Gasteiger partial charge in [0.2, 0.25) is 5.91 Å². The molecule has 0 bridgehead atoms. The van der Waals surface area contributed by atoms with Crippen molar-refractivity contribution in [2.24, 2.45) is 11.8 Å². The van der Waals surface area contributed by atoms with Gasteiger partial charge in [-0.25, -0.2) is 0 Å². The van der Waals surface area contributed by atoms with Crippen LogP contribution in [-0.2, 0) is 9.59 Å². The van der Waals surface area contributed by atoms with Gasteiger partial charge in [0.05, 0.1) is 0 Å². The first kappa shape index (κ1) is 12.4. The highest BCUT2D eigenvalue weighted by atomic mass is 16.4. The second-order valence-corrected chi connectivity index (χ2v) is 5.47. The van der Waals surface area contributed by atoms with Crippen molar-refractivity contribution >= 4 is 11.9 Å².